The van der Waals surface area contributed by atoms with E-state index in [1.54, 1.807) is 0 Å². The van der Waals surface area contributed by atoms with Gasteiger partial charge in [0.2, 0.25) is 0 Å². The molecule has 1 aliphatic carbocycles. The van der Waals surface area contributed by atoms with Crippen molar-refractivity contribution in [3.63, 3.8) is 0 Å². The summed E-state index contributed by atoms with van der Waals surface area (Å²) in [6.07, 6.45) is 2.96. The molecule has 1 saturated heterocycles. The molecule has 27 heavy (non-hydrogen) atoms. The Kier molecular flexibility index (Phi) is 4.50. The Balaban J connectivity index is 1.38. The molecule has 0 atom stereocenters. The molecule has 1 spiro atoms. The van der Waals surface area contributed by atoms with E-state index in [0.717, 1.165) is 53.9 Å². The molecule has 0 radical (unpaired) electrons. The van der Waals surface area contributed by atoms with Crippen LogP contribution < -0.4 is 4.74 Å². The van der Waals surface area contributed by atoms with Crippen molar-refractivity contribution in [2.24, 2.45) is 5.41 Å². The van der Waals surface area contributed by atoms with Crippen LogP contribution in [0.2, 0.25) is 5.02 Å². The minimum atomic E-state index is -0.451. The van der Waals surface area contributed by atoms with Gasteiger partial charge in [0.05, 0.1) is 6.10 Å². The van der Waals surface area contributed by atoms with E-state index in [0.29, 0.717) is 0 Å². The summed E-state index contributed by atoms with van der Waals surface area (Å²) < 4.78 is 11.8. The molecule has 5 heteroatoms. The summed E-state index contributed by atoms with van der Waals surface area (Å²) in [4.78, 5) is 14.1. The van der Waals surface area contributed by atoms with Crippen molar-refractivity contribution >= 4 is 28.5 Å². The lowest BCUT2D eigenvalue weighted by Gasteiger charge is -2.44. The SMILES string of the molecule is CC(C)(C)OC(=O)N1CCC2(CC(Oc3ccc(Cl)c4ccccc34)C2)C1. The lowest BCUT2D eigenvalue weighted by molar-refractivity contribution is -0.0130. The fraction of sp³-hybridized carbons (Fsp3) is 0.500. The number of likely N-dealkylation sites (tertiary alicyclic amines) is 1. The molecular formula is C22H26ClNO3. The maximum atomic E-state index is 12.3. The van der Waals surface area contributed by atoms with Crippen LogP contribution in [0.4, 0.5) is 4.79 Å². The fourth-order valence-corrected chi connectivity index (χ4v) is 4.48. The Hall–Kier alpha value is -1.94. The Morgan fingerprint density at radius 3 is 2.56 bits per heavy atom. The van der Waals surface area contributed by atoms with Crippen molar-refractivity contribution in [2.75, 3.05) is 13.1 Å². The first-order valence-corrected chi connectivity index (χ1v) is 9.94. The lowest BCUT2D eigenvalue weighted by atomic mass is 9.66. The molecule has 1 aliphatic heterocycles. The second-order valence-electron chi connectivity index (χ2n) is 8.89. The first-order chi connectivity index (χ1) is 12.7. The molecule has 1 saturated carbocycles. The highest BCUT2D eigenvalue weighted by Gasteiger charge is 2.51. The molecular weight excluding hydrogens is 362 g/mol. The summed E-state index contributed by atoms with van der Waals surface area (Å²) in [5, 5.41) is 2.81. The largest absolute Gasteiger partial charge is 0.490 e. The molecule has 0 aromatic heterocycles. The molecule has 4 rings (SSSR count). The van der Waals surface area contributed by atoms with E-state index < -0.39 is 5.60 Å². The van der Waals surface area contributed by atoms with Crippen molar-refractivity contribution in [2.45, 2.75) is 51.7 Å². The Morgan fingerprint density at radius 1 is 1.15 bits per heavy atom. The number of rotatable bonds is 2. The average Bonchev–Trinajstić information content (AvgIpc) is 3.01. The number of benzene rings is 2. The lowest BCUT2D eigenvalue weighted by Crippen LogP contribution is -2.46. The third kappa shape index (κ3) is 3.73. The van der Waals surface area contributed by atoms with Crippen molar-refractivity contribution in [3.8, 4) is 5.75 Å². The minimum absolute atomic E-state index is 0.184. The zero-order valence-electron chi connectivity index (χ0n) is 16.1. The number of ether oxygens (including phenoxy) is 2. The molecule has 1 heterocycles. The fourth-order valence-electron chi connectivity index (χ4n) is 4.26. The monoisotopic (exact) mass is 387 g/mol. The van der Waals surface area contributed by atoms with Gasteiger partial charge in [-0.1, -0.05) is 35.9 Å². The first-order valence-electron chi connectivity index (χ1n) is 9.57. The van der Waals surface area contributed by atoms with Crippen LogP contribution in [-0.2, 0) is 4.74 Å². The van der Waals surface area contributed by atoms with Gasteiger partial charge in [0.15, 0.2) is 0 Å². The number of hydrogen-bond donors (Lipinski definition) is 0. The molecule has 0 N–H and O–H groups in total. The Labute approximate surface area is 165 Å². The normalized spacial score (nSPS) is 24.9. The van der Waals surface area contributed by atoms with Crippen LogP contribution >= 0.6 is 11.6 Å². The Morgan fingerprint density at radius 2 is 1.85 bits per heavy atom. The van der Waals surface area contributed by atoms with Crippen molar-refractivity contribution in [1.82, 2.24) is 4.90 Å². The van der Waals surface area contributed by atoms with Gasteiger partial charge in [0, 0.05) is 28.9 Å². The minimum Gasteiger partial charge on any atom is -0.490 e. The van der Waals surface area contributed by atoms with E-state index in [1.165, 1.54) is 0 Å². The van der Waals surface area contributed by atoms with Gasteiger partial charge in [-0.15, -0.1) is 0 Å². The van der Waals surface area contributed by atoms with Crippen molar-refractivity contribution in [1.29, 1.82) is 0 Å². The van der Waals surface area contributed by atoms with Crippen LogP contribution in [0.1, 0.15) is 40.0 Å². The van der Waals surface area contributed by atoms with Crippen LogP contribution in [0.15, 0.2) is 36.4 Å². The van der Waals surface area contributed by atoms with Gasteiger partial charge in [-0.2, -0.15) is 0 Å². The smallest absolute Gasteiger partial charge is 0.410 e. The Bertz CT molecular complexity index is 867. The number of fused-ring (bicyclic) bond motifs is 1. The second kappa shape index (κ2) is 6.59. The maximum Gasteiger partial charge on any atom is 0.410 e. The summed E-state index contributed by atoms with van der Waals surface area (Å²) >= 11 is 6.30. The number of amides is 1. The highest BCUT2D eigenvalue weighted by molar-refractivity contribution is 6.35. The molecule has 144 valence electrons. The topological polar surface area (TPSA) is 38.8 Å². The number of hydrogen-bond acceptors (Lipinski definition) is 3. The molecule has 4 nitrogen and oxygen atoms in total. The molecule has 0 unspecified atom stereocenters. The summed E-state index contributed by atoms with van der Waals surface area (Å²) in [6, 6.07) is 11.9. The van der Waals surface area contributed by atoms with Crippen molar-refractivity contribution in [3.05, 3.63) is 41.4 Å². The van der Waals surface area contributed by atoms with Gasteiger partial charge in [-0.3, -0.25) is 0 Å². The van der Waals surface area contributed by atoms with E-state index in [4.69, 9.17) is 21.1 Å². The predicted octanol–water partition coefficient (Wildman–Crippen LogP) is 5.66. The van der Waals surface area contributed by atoms with E-state index in [9.17, 15) is 4.79 Å². The highest BCUT2D eigenvalue weighted by Crippen LogP contribution is 2.50. The van der Waals surface area contributed by atoms with Crippen LogP contribution in [0.25, 0.3) is 10.8 Å². The third-order valence-corrected chi connectivity index (χ3v) is 5.87. The molecule has 2 aromatic rings. The molecule has 2 fully saturated rings. The van der Waals surface area contributed by atoms with Crippen LogP contribution in [0.5, 0.6) is 5.75 Å². The summed E-state index contributed by atoms with van der Waals surface area (Å²) in [7, 11) is 0. The molecule has 1 amide bonds. The van der Waals surface area contributed by atoms with Gasteiger partial charge < -0.3 is 14.4 Å². The first kappa shape index (κ1) is 18.4. The van der Waals surface area contributed by atoms with Gasteiger partial charge in [0.25, 0.3) is 0 Å². The van der Waals surface area contributed by atoms with E-state index in [1.807, 2.05) is 62.1 Å². The van der Waals surface area contributed by atoms with Crippen molar-refractivity contribution < 1.29 is 14.3 Å². The number of halogens is 1. The summed E-state index contributed by atoms with van der Waals surface area (Å²) in [5.74, 6) is 0.886. The predicted molar refractivity (Wildman–Crippen MR) is 107 cm³/mol. The van der Waals surface area contributed by atoms with Gasteiger partial charge >= 0.3 is 6.09 Å². The molecule has 0 bridgehead atoms. The van der Waals surface area contributed by atoms with Gasteiger partial charge in [-0.25, -0.2) is 4.79 Å². The zero-order chi connectivity index (χ0) is 19.2. The summed E-state index contributed by atoms with van der Waals surface area (Å²) in [5.41, 5.74) is -0.266. The molecule has 2 aliphatic rings. The molecule has 2 aromatic carbocycles. The maximum absolute atomic E-state index is 12.3. The highest BCUT2D eigenvalue weighted by atomic mass is 35.5. The second-order valence-corrected chi connectivity index (χ2v) is 9.30. The van der Waals surface area contributed by atoms with Gasteiger partial charge in [-0.05, 0) is 57.6 Å². The zero-order valence-corrected chi connectivity index (χ0v) is 16.9. The van der Waals surface area contributed by atoms with Crippen LogP contribution in [-0.4, -0.2) is 35.8 Å². The number of nitrogens with zero attached hydrogens (tertiary/aromatic N) is 1. The van der Waals surface area contributed by atoms with Gasteiger partial charge in [0.1, 0.15) is 11.4 Å². The number of carbonyl (C=O) groups is 1. The van der Waals surface area contributed by atoms with E-state index in [2.05, 4.69) is 0 Å². The third-order valence-electron chi connectivity index (χ3n) is 5.54. The van der Waals surface area contributed by atoms with E-state index >= 15 is 0 Å². The quantitative estimate of drug-likeness (QED) is 0.667. The summed E-state index contributed by atoms with van der Waals surface area (Å²) in [6.45, 7) is 7.25. The number of carbonyl (C=O) groups excluding carboxylic acids is 1. The van der Waals surface area contributed by atoms with E-state index in [-0.39, 0.29) is 17.6 Å². The average molecular weight is 388 g/mol. The van der Waals surface area contributed by atoms with Crippen LogP contribution in [0.3, 0.4) is 0 Å². The van der Waals surface area contributed by atoms with Crippen LogP contribution in [0, 0.1) is 5.41 Å². The standard InChI is InChI=1S/C22H26ClNO3/c1-21(2,3)27-20(25)24-11-10-22(14-24)12-15(13-22)26-19-9-8-18(23)16-6-4-5-7-17(16)19/h4-9,15H,10-14H2,1-3H3.